The highest BCUT2D eigenvalue weighted by Gasteiger charge is 2.21. The number of rotatable bonds is 5. The Labute approximate surface area is 133 Å². The molecule has 1 aromatic heterocycles. The second-order valence-corrected chi connectivity index (χ2v) is 6.27. The molecular formula is C17H19BrN2O. The molecule has 21 heavy (non-hydrogen) atoms. The zero-order chi connectivity index (χ0) is 14.5. The number of nitrogens with one attached hydrogen (secondary N) is 1. The van der Waals surface area contributed by atoms with Gasteiger partial charge < -0.3 is 10.1 Å². The first-order valence-electron chi connectivity index (χ1n) is 7.30. The van der Waals surface area contributed by atoms with E-state index in [2.05, 4.69) is 56.6 Å². The van der Waals surface area contributed by atoms with Crippen molar-refractivity contribution in [3.63, 3.8) is 0 Å². The van der Waals surface area contributed by atoms with Gasteiger partial charge in [0.15, 0.2) is 0 Å². The van der Waals surface area contributed by atoms with Crippen LogP contribution in [0.3, 0.4) is 0 Å². The van der Waals surface area contributed by atoms with Gasteiger partial charge in [0.1, 0.15) is 0 Å². The Kier molecular flexibility index (Phi) is 5.01. The van der Waals surface area contributed by atoms with Crippen molar-refractivity contribution in [3.8, 4) is 0 Å². The van der Waals surface area contributed by atoms with E-state index in [9.17, 15) is 0 Å². The number of hydrogen-bond donors (Lipinski definition) is 1. The van der Waals surface area contributed by atoms with E-state index in [0.29, 0.717) is 6.04 Å². The minimum Gasteiger partial charge on any atom is -0.380 e. The average Bonchev–Trinajstić information content (AvgIpc) is 3.01. The summed E-state index contributed by atoms with van der Waals surface area (Å²) in [6, 6.07) is 15.3. The Balaban J connectivity index is 1.77. The molecular weight excluding hydrogens is 328 g/mol. The van der Waals surface area contributed by atoms with Crippen LogP contribution < -0.4 is 5.32 Å². The van der Waals surface area contributed by atoms with Crippen LogP contribution in [-0.4, -0.2) is 24.2 Å². The number of ether oxygens (including phenoxy) is 1. The van der Waals surface area contributed by atoms with Crippen molar-refractivity contribution < 1.29 is 4.74 Å². The molecule has 110 valence electrons. The minimum atomic E-state index is 0.264. The Morgan fingerprint density at radius 3 is 2.76 bits per heavy atom. The van der Waals surface area contributed by atoms with Gasteiger partial charge in [0, 0.05) is 41.5 Å². The number of nitrogens with zero attached hydrogens (tertiary/aromatic N) is 1. The van der Waals surface area contributed by atoms with Gasteiger partial charge >= 0.3 is 0 Å². The molecule has 1 aromatic carbocycles. The highest BCUT2D eigenvalue weighted by atomic mass is 79.9. The molecule has 3 rings (SSSR count). The zero-order valence-corrected chi connectivity index (χ0v) is 13.4. The van der Waals surface area contributed by atoms with Crippen LogP contribution in [0.1, 0.15) is 23.7 Å². The molecule has 0 radical (unpaired) electrons. The fourth-order valence-electron chi connectivity index (χ4n) is 2.65. The molecule has 3 nitrogen and oxygen atoms in total. The van der Waals surface area contributed by atoms with Crippen LogP contribution in [0.2, 0.25) is 0 Å². The number of aromatic nitrogens is 1. The second-order valence-electron chi connectivity index (χ2n) is 5.36. The average molecular weight is 347 g/mol. The Bertz CT molecular complexity index is 553. The summed E-state index contributed by atoms with van der Waals surface area (Å²) in [7, 11) is 0. The molecule has 1 fully saturated rings. The third-order valence-corrected chi connectivity index (χ3v) is 4.31. The summed E-state index contributed by atoms with van der Waals surface area (Å²) < 4.78 is 6.58. The van der Waals surface area contributed by atoms with Crippen LogP contribution in [0, 0.1) is 0 Å². The van der Waals surface area contributed by atoms with Gasteiger partial charge in [-0.3, -0.25) is 4.98 Å². The fourth-order valence-corrected chi connectivity index (χ4v) is 2.91. The molecule has 0 amide bonds. The molecule has 2 atom stereocenters. The van der Waals surface area contributed by atoms with E-state index in [-0.39, 0.29) is 6.04 Å². The molecule has 1 N–H and O–H groups in total. The first-order chi connectivity index (χ1) is 10.3. The van der Waals surface area contributed by atoms with Gasteiger partial charge in [-0.2, -0.15) is 0 Å². The summed E-state index contributed by atoms with van der Waals surface area (Å²) in [6.07, 6.45) is 3.82. The zero-order valence-electron chi connectivity index (χ0n) is 11.8. The van der Waals surface area contributed by atoms with Crippen molar-refractivity contribution in [2.75, 3.05) is 13.2 Å². The SMILES string of the molecule is Brc1ccc(C(Cc2ccccn2)NC2CCOC2)cc1. The van der Waals surface area contributed by atoms with Crippen LogP contribution >= 0.6 is 15.9 Å². The van der Waals surface area contributed by atoms with Crippen molar-refractivity contribution in [3.05, 3.63) is 64.4 Å². The molecule has 0 aliphatic carbocycles. The van der Waals surface area contributed by atoms with Crippen LogP contribution in [0.4, 0.5) is 0 Å². The summed E-state index contributed by atoms with van der Waals surface area (Å²) in [5, 5.41) is 3.72. The quantitative estimate of drug-likeness (QED) is 0.899. The first kappa shape index (κ1) is 14.7. The van der Waals surface area contributed by atoms with Crippen LogP contribution in [0.15, 0.2) is 53.1 Å². The smallest absolute Gasteiger partial charge is 0.0620 e. The maximum absolute atomic E-state index is 5.48. The molecule has 4 heteroatoms. The molecule has 0 bridgehead atoms. The fraction of sp³-hybridized carbons (Fsp3) is 0.353. The van der Waals surface area contributed by atoms with E-state index in [1.165, 1.54) is 5.56 Å². The maximum Gasteiger partial charge on any atom is 0.0620 e. The van der Waals surface area contributed by atoms with Gasteiger partial charge in [0.2, 0.25) is 0 Å². The monoisotopic (exact) mass is 346 g/mol. The highest BCUT2D eigenvalue weighted by Crippen LogP contribution is 2.22. The van der Waals surface area contributed by atoms with Crippen LogP contribution in [-0.2, 0) is 11.2 Å². The third-order valence-electron chi connectivity index (χ3n) is 3.78. The molecule has 2 aromatic rings. The summed E-state index contributed by atoms with van der Waals surface area (Å²) in [4.78, 5) is 4.46. The lowest BCUT2D eigenvalue weighted by Gasteiger charge is -2.22. The van der Waals surface area contributed by atoms with E-state index in [0.717, 1.165) is 36.2 Å². The van der Waals surface area contributed by atoms with E-state index >= 15 is 0 Å². The third kappa shape index (κ3) is 4.13. The van der Waals surface area contributed by atoms with Gasteiger partial charge in [-0.1, -0.05) is 34.1 Å². The Morgan fingerprint density at radius 1 is 1.24 bits per heavy atom. The normalized spacial score (nSPS) is 19.6. The number of halogens is 1. The van der Waals surface area contributed by atoms with Crippen molar-refractivity contribution in [1.82, 2.24) is 10.3 Å². The second kappa shape index (κ2) is 7.16. The number of pyridine rings is 1. The maximum atomic E-state index is 5.48. The van der Waals surface area contributed by atoms with Crippen molar-refractivity contribution in [2.45, 2.75) is 24.9 Å². The molecule has 2 heterocycles. The molecule has 0 spiro atoms. The summed E-state index contributed by atoms with van der Waals surface area (Å²) in [5.41, 5.74) is 2.40. The largest absolute Gasteiger partial charge is 0.380 e. The lowest BCUT2D eigenvalue weighted by Crippen LogP contribution is -2.34. The predicted molar refractivity (Wildman–Crippen MR) is 87.2 cm³/mol. The molecule has 0 saturated carbocycles. The Morgan fingerprint density at radius 2 is 2.10 bits per heavy atom. The standard InChI is InChI=1S/C17H19BrN2O/c18-14-6-4-13(5-7-14)17(20-16-8-10-21-12-16)11-15-3-1-2-9-19-15/h1-7,9,16-17,20H,8,10-12H2. The topological polar surface area (TPSA) is 34.2 Å². The molecule has 1 aliphatic heterocycles. The number of hydrogen-bond acceptors (Lipinski definition) is 3. The lowest BCUT2D eigenvalue weighted by molar-refractivity contribution is 0.188. The molecule has 1 saturated heterocycles. The number of benzene rings is 1. The van der Waals surface area contributed by atoms with Crippen molar-refractivity contribution >= 4 is 15.9 Å². The summed E-state index contributed by atoms with van der Waals surface area (Å²) >= 11 is 3.50. The van der Waals surface area contributed by atoms with Gasteiger partial charge in [-0.15, -0.1) is 0 Å². The van der Waals surface area contributed by atoms with Crippen LogP contribution in [0.5, 0.6) is 0 Å². The molecule has 1 aliphatic rings. The van der Waals surface area contributed by atoms with Gasteiger partial charge in [0.25, 0.3) is 0 Å². The van der Waals surface area contributed by atoms with E-state index in [4.69, 9.17) is 4.74 Å². The van der Waals surface area contributed by atoms with Crippen molar-refractivity contribution in [1.29, 1.82) is 0 Å². The van der Waals surface area contributed by atoms with Crippen LogP contribution in [0.25, 0.3) is 0 Å². The van der Waals surface area contributed by atoms with Gasteiger partial charge in [0.05, 0.1) is 6.61 Å². The van der Waals surface area contributed by atoms with E-state index in [1.807, 2.05) is 18.3 Å². The van der Waals surface area contributed by atoms with Gasteiger partial charge in [-0.25, -0.2) is 0 Å². The van der Waals surface area contributed by atoms with Crippen molar-refractivity contribution in [2.24, 2.45) is 0 Å². The predicted octanol–water partition coefficient (Wildman–Crippen LogP) is 3.51. The van der Waals surface area contributed by atoms with Gasteiger partial charge in [-0.05, 0) is 36.2 Å². The summed E-state index contributed by atoms with van der Waals surface area (Å²) in [6.45, 7) is 1.66. The lowest BCUT2D eigenvalue weighted by atomic mass is 10.0. The Hall–Kier alpha value is -1.23. The van der Waals surface area contributed by atoms with E-state index < -0.39 is 0 Å². The summed E-state index contributed by atoms with van der Waals surface area (Å²) in [5.74, 6) is 0. The van der Waals surface area contributed by atoms with E-state index in [1.54, 1.807) is 0 Å². The highest BCUT2D eigenvalue weighted by molar-refractivity contribution is 9.10. The molecule has 2 unspecified atom stereocenters. The first-order valence-corrected chi connectivity index (χ1v) is 8.10. The minimum absolute atomic E-state index is 0.264.